The number of carbonyl (C=O) groups is 1. The Morgan fingerprint density at radius 1 is 1.22 bits per heavy atom. The molecule has 3 rings (SSSR count). The van der Waals surface area contributed by atoms with E-state index >= 15 is 0 Å². The molecule has 2 heterocycles. The molecule has 23 heavy (non-hydrogen) atoms. The Morgan fingerprint density at radius 2 is 1.96 bits per heavy atom. The van der Waals surface area contributed by atoms with Crippen LogP contribution in [-0.2, 0) is 19.5 Å². The van der Waals surface area contributed by atoms with E-state index in [-0.39, 0.29) is 18.0 Å². The summed E-state index contributed by atoms with van der Waals surface area (Å²) in [4.78, 5) is 26.3. The summed E-state index contributed by atoms with van der Waals surface area (Å²) >= 11 is 0. The number of carbonyl (C=O) groups excluding carboxylic acids is 1. The molecule has 1 aliphatic heterocycles. The van der Waals surface area contributed by atoms with Crippen LogP contribution in [0.25, 0.3) is 0 Å². The van der Waals surface area contributed by atoms with Crippen LogP contribution in [0, 0.1) is 0 Å². The molecule has 1 aromatic carbocycles. The molecule has 2 aromatic rings. The highest BCUT2D eigenvalue weighted by Crippen LogP contribution is 2.20. The highest BCUT2D eigenvalue weighted by atomic mass is 16.3. The standard InChI is InChI=1S/C18H20N2O3/c1-13(21)10-20-12-16(6-7-17(20)22)18(23)19-9-8-14-4-2-3-5-15(14)11-19/h2-7,12-13,21H,8-11H2,1H3. The minimum Gasteiger partial charge on any atom is -0.392 e. The molecular formula is C18H20N2O3. The quantitative estimate of drug-likeness (QED) is 0.932. The van der Waals surface area contributed by atoms with Crippen molar-refractivity contribution >= 4 is 5.91 Å². The normalized spacial score (nSPS) is 15.1. The van der Waals surface area contributed by atoms with Crippen molar-refractivity contribution in [1.29, 1.82) is 0 Å². The smallest absolute Gasteiger partial charge is 0.255 e. The van der Waals surface area contributed by atoms with Gasteiger partial charge < -0.3 is 14.6 Å². The van der Waals surface area contributed by atoms with Crippen molar-refractivity contribution in [3.8, 4) is 0 Å². The van der Waals surface area contributed by atoms with E-state index in [2.05, 4.69) is 6.07 Å². The van der Waals surface area contributed by atoms with Gasteiger partial charge in [0.25, 0.3) is 11.5 Å². The lowest BCUT2D eigenvalue weighted by Crippen LogP contribution is -2.36. The molecule has 5 heteroatoms. The van der Waals surface area contributed by atoms with E-state index in [1.165, 1.54) is 28.0 Å². The Kier molecular flexibility index (Phi) is 4.30. The molecule has 0 aliphatic carbocycles. The average Bonchev–Trinajstić information content (AvgIpc) is 2.55. The van der Waals surface area contributed by atoms with Crippen LogP contribution >= 0.6 is 0 Å². The van der Waals surface area contributed by atoms with Gasteiger partial charge in [-0.15, -0.1) is 0 Å². The van der Waals surface area contributed by atoms with Crippen LogP contribution in [0.5, 0.6) is 0 Å². The van der Waals surface area contributed by atoms with Gasteiger partial charge in [-0.1, -0.05) is 24.3 Å². The zero-order valence-corrected chi connectivity index (χ0v) is 13.1. The summed E-state index contributed by atoms with van der Waals surface area (Å²) in [5.74, 6) is -0.0844. The second-order valence-electron chi connectivity index (χ2n) is 6.00. The summed E-state index contributed by atoms with van der Waals surface area (Å²) in [6.45, 7) is 3.06. The molecule has 0 radical (unpaired) electrons. The van der Waals surface area contributed by atoms with Crippen molar-refractivity contribution in [2.24, 2.45) is 0 Å². The maximum absolute atomic E-state index is 12.7. The van der Waals surface area contributed by atoms with Crippen molar-refractivity contribution in [1.82, 2.24) is 9.47 Å². The van der Waals surface area contributed by atoms with E-state index in [9.17, 15) is 14.7 Å². The first kappa shape index (κ1) is 15.5. The second kappa shape index (κ2) is 6.38. The summed E-state index contributed by atoms with van der Waals surface area (Å²) in [6.07, 6.45) is 1.74. The number of hydrogen-bond acceptors (Lipinski definition) is 3. The van der Waals surface area contributed by atoms with E-state index in [0.29, 0.717) is 18.7 Å². The van der Waals surface area contributed by atoms with Gasteiger partial charge in [0.2, 0.25) is 0 Å². The van der Waals surface area contributed by atoms with Gasteiger partial charge in [-0.25, -0.2) is 0 Å². The molecule has 1 atom stereocenters. The van der Waals surface area contributed by atoms with Gasteiger partial charge in [0.15, 0.2) is 0 Å². The lowest BCUT2D eigenvalue weighted by atomic mass is 9.99. The van der Waals surface area contributed by atoms with Crippen molar-refractivity contribution in [2.75, 3.05) is 6.54 Å². The van der Waals surface area contributed by atoms with Gasteiger partial charge in [-0.2, -0.15) is 0 Å². The Balaban J connectivity index is 1.83. The first-order chi connectivity index (χ1) is 11.0. The largest absolute Gasteiger partial charge is 0.392 e. The van der Waals surface area contributed by atoms with Gasteiger partial charge in [-0.3, -0.25) is 9.59 Å². The molecule has 1 amide bonds. The van der Waals surface area contributed by atoms with E-state index in [1.54, 1.807) is 17.9 Å². The summed E-state index contributed by atoms with van der Waals surface area (Å²) < 4.78 is 1.38. The third-order valence-corrected chi connectivity index (χ3v) is 4.11. The number of amides is 1. The summed E-state index contributed by atoms with van der Waals surface area (Å²) in [5, 5.41) is 9.46. The Morgan fingerprint density at radius 3 is 2.70 bits per heavy atom. The third kappa shape index (κ3) is 3.35. The molecule has 0 saturated carbocycles. The fraction of sp³-hybridized carbons (Fsp3) is 0.333. The van der Waals surface area contributed by atoms with E-state index < -0.39 is 6.10 Å². The van der Waals surface area contributed by atoms with Crippen LogP contribution in [0.1, 0.15) is 28.4 Å². The maximum Gasteiger partial charge on any atom is 0.255 e. The maximum atomic E-state index is 12.7. The molecule has 1 aromatic heterocycles. The fourth-order valence-corrected chi connectivity index (χ4v) is 2.94. The molecule has 1 N–H and O–H groups in total. The van der Waals surface area contributed by atoms with Crippen molar-refractivity contribution in [3.63, 3.8) is 0 Å². The number of aromatic nitrogens is 1. The average molecular weight is 312 g/mol. The Hall–Kier alpha value is -2.40. The third-order valence-electron chi connectivity index (χ3n) is 4.11. The molecule has 120 valence electrons. The molecular weight excluding hydrogens is 292 g/mol. The molecule has 1 unspecified atom stereocenters. The topological polar surface area (TPSA) is 62.5 Å². The van der Waals surface area contributed by atoms with Crippen LogP contribution in [0.3, 0.4) is 0 Å². The van der Waals surface area contributed by atoms with Crippen molar-refractivity contribution in [2.45, 2.75) is 32.5 Å². The van der Waals surface area contributed by atoms with Crippen LogP contribution in [0.15, 0.2) is 47.4 Å². The Bertz CT molecular complexity index is 780. The predicted molar refractivity (Wildman–Crippen MR) is 87.3 cm³/mol. The lowest BCUT2D eigenvalue weighted by molar-refractivity contribution is 0.0733. The number of pyridine rings is 1. The van der Waals surface area contributed by atoms with E-state index in [1.807, 2.05) is 18.2 Å². The zero-order chi connectivity index (χ0) is 16.4. The Labute approximate surface area is 134 Å². The van der Waals surface area contributed by atoms with Gasteiger partial charge in [-0.05, 0) is 30.5 Å². The SMILES string of the molecule is CC(O)Cn1cc(C(=O)N2CCc3ccccc3C2)ccc1=O. The zero-order valence-electron chi connectivity index (χ0n) is 13.1. The van der Waals surface area contributed by atoms with Gasteiger partial charge in [0.1, 0.15) is 0 Å². The monoisotopic (exact) mass is 312 g/mol. The summed E-state index contributed by atoms with van der Waals surface area (Å²) in [7, 11) is 0. The minimum absolute atomic E-state index is 0.0844. The minimum atomic E-state index is -0.639. The lowest BCUT2D eigenvalue weighted by Gasteiger charge is -2.29. The van der Waals surface area contributed by atoms with Gasteiger partial charge in [0, 0.05) is 25.4 Å². The van der Waals surface area contributed by atoms with E-state index in [0.717, 1.165) is 6.42 Å². The van der Waals surface area contributed by atoms with E-state index in [4.69, 9.17) is 0 Å². The number of nitrogens with zero attached hydrogens (tertiary/aromatic N) is 2. The molecule has 0 bridgehead atoms. The number of aliphatic hydroxyl groups is 1. The first-order valence-electron chi connectivity index (χ1n) is 7.79. The highest BCUT2D eigenvalue weighted by molar-refractivity contribution is 5.94. The molecule has 0 spiro atoms. The van der Waals surface area contributed by atoms with Crippen LogP contribution < -0.4 is 5.56 Å². The fourth-order valence-electron chi connectivity index (χ4n) is 2.94. The number of fused-ring (bicyclic) bond motifs is 1. The number of benzene rings is 1. The first-order valence-corrected chi connectivity index (χ1v) is 7.79. The number of aliphatic hydroxyl groups excluding tert-OH is 1. The van der Waals surface area contributed by atoms with Crippen LogP contribution in [-0.4, -0.2) is 33.1 Å². The highest BCUT2D eigenvalue weighted by Gasteiger charge is 2.22. The number of hydrogen-bond donors (Lipinski definition) is 1. The molecule has 5 nitrogen and oxygen atoms in total. The van der Waals surface area contributed by atoms with Crippen LogP contribution in [0.2, 0.25) is 0 Å². The van der Waals surface area contributed by atoms with Crippen molar-refractivity contribution < 1.29 is 9.90 Å². The molecule has 1 aliphatic rings. The summed E-state index contributed by atoms with van der Waals surface area (Å²) in [6, 6.07) is 11.1. The predicted octanol–water partition coefficient (Wildman–Crippen LogP) is 1.43. The molecule has 0 saturated heterocycles. The van der Waals surface area contributed by atoms with Gasteiger partial charge in [0.05, 0.1) is 18.2 Å². The second-order valence-corrected chi connectivity index (χ2v) is 6.00. The summed E-state index contributed by atoms with van der Waals surface area (Å²) in [5.41, 5.74) is 2.72. The van der Waals surface area contributed by atoms with Crippen LogP contribution in [0.4, 0.5) is 0 Å². The molecule has 0 fully saturated rings. The number of rotatable bonds is 3. The van der Waals surface area contributed by atoms with Crippen molar-refractivity contribution in [3.05, 3.63) is 69.6 Å². The van der Waals surface area contributed by atoms with Gasteiger partial charge >= 0.3 is 0 Å².